The molecule has 0 amide bonds. The van der Waals surface area contributed by atoms with Gasteiger partial charge < -0.3 is 43.7 Å². The first kappa shape index (κ1) is 36.8. The van der Waals surface area contributed by atoms with Gasteiger partial charge in [0.1, 0.15) is 0 Å². The molecule has 0 aliphatic carbocycles. The molecular formula is C7H27N3O5. The molecule has 0 saturated heterocycles. The summed E-state index contributed by atoms with van der Waals surface area (Å²) in [5.74, 6) is -1.44. The van der Waals surface area contributed by atoms with E-state index in [0.29, 0.717) is 0 Å². The molecule has 0 heterocycles. The first-order valence-electron chi connectivity index (χ1n) is 3.52. The maximum absolute atomic E-state index is 9.34. The molecule has 0 rings (SSSR count). The number of rotatable bonds is 1. The van der Waals surface area contributed by atoms with Crippen LogP contribution in [0.15, 0.2) is 0 Å². The van der Waals surface area contributed by atoms with Crippen molar-refractivity contribution in [2.45, 2.75) is 26.9 Å². The average molecular weight is 233 g/mol. The van der Waals surface area contributed by atoms with Gasteiger partial charge in [-0.25, -0.2) is 0 Å². The number of carbonyl (C=O) groups excluding carboxylic acids is 1. The number of hydrogen-bond donors (Lipinski definition) is 4. The Balaban J connectivity index is -0.0000000200. The molecule has 0 bridgehead atoms. The van der Waals surface area contributed by atoms with Crippen LogP contribution in [0.25, 0.3) is 0 Å². The van der Waals surface area contributed by atoms with E-state index in [-0.39, 0.29) is 31.7 Å². The molecule has 8 nitrogen and oxygen atoms in total. The van der Waals surface area contributed by atoms with Crippen molar-refractivity contribution in [1.82, 2.24) is 18.5 Å². The van der Waals surface area contributed by atoms with Crippen LogP contribution < -0.4 is 33.8 Å². The largest absolute Gasteiger partial charge is 0.855 e. The van der Waals surface area contributed by atoms with E-state index in [9.17, 15) is 9.90 Å². The second kappa shape index (κ2) is 37.9. The molecule has 1 atom stereocenters. The summed E-state index contributed by atoms with van der Waals surface area (Å²) in [5.41, 5.74) is 0. The lowest BCUT2D eigenvalue weighted by Crippen LogP contribution is -2.32. The zero-order chi connectivity index (χ0) is 10.6. The van der Waals surface area contributed by atoms with E-state index in [1.54, 1.807) is 13.8 Å². The number of aliphatic hydroxyl groups excluding tert-OH is 1. The Morgan fingerprint density at radius 2 is 1.20 bits per heavy atom. The van der Waals surface area contributed by atoms with Crippen molar-refractivity contribution in [3.63, 3.8) is 0 Å². The van der Waals surface area contributed by atoms with Crippen molar-refractivity contribution in [3.8, 4) is 0 Å². The summed E-state index contributed by atoms with van der Waals surface area (Å²) < 4.78 is 0. The van der Waals surface area contributed by atoms with Crippen LogP contribution in [0.3, 0.4) is 0 Å². The van der Waals surface area contributed by atoms with Crippen LogP contribution in [0.1, 0.15) is 20.8 Å². The Morgan fingerprint density at radius 3 is 1.20 bits per heavy atom. The summed E-state index contributed by atoms with van der Waals surface area (Å²) in [6.45, 7) is 4.27. The highest BCUT2D eigenvalue weighted by atomic mass is 16.4. The maximum atomic E-state index is 9.34. The van der Waals surface area contributed by atoms with E-state index >= 15 is 0 Å². The minimum absolute atomic E-state index is 0. The van der Waals surface area contributed by atoms with Crippen molar-refractivity contribution in [3.05, 3.63) is 0 Å². The predicted molar refractivity (Wildman–Crippen MR) is 55.7 cm³/mol. The highest BCUT2D eigenvalue weighted by Crippen LogP contribution is 1.69. The highest BCUT2D eigenvalue weighted by molar-refractivity contribution is 5.68. The highest BCUT2D eigenvalue weighted by Gasteiger charge is 1.89. The number of aliphatic hydroxyl groups is 1. The number of hydrogen-bond acceptors (Lipinski definition) is 5. The van der Waals surface area contributed by atoms with Gasteiger partial charge >= 0.3 is 0 Å². The van der Waals surface area contributed by atoms with Crippen molar-refractivity contribution < 1.29 is 25.2 Å². The van der Waals surface area contributed by atoms with Crippen LogP contribution in [0, 0.1) is 0 Å². The van der Waals surface area contributed by atoms with Gasteiger partial charge in [0.2, 0.25) is 0 Å². The number of carboxylic acid groups (broad SMARTS) is 1. The predicted octanol–water partition coefficient (Wildman–Crippen LogP) is -2.02. The lowest BCUT2D eigenvalue weighted by Gasteiger charge is -2.00. The van der Waals surface area contributed by atoms with Gasteiger partial charge in [0.15, 0.2) is 0 Å². The van der Waals surface area contributed by atoms with Gasteiger partial charge in [-0.2, -0.15) is 0 Å². The molecule has 8 heteroatoms. The molecule has 0 aromatic heterocycles. The number of carboxylic acids is 1. The second-order valence-electron chi connectivity index (χ2n) is 1.57. The molecule has 0 fully saturated rings. The fourth-order valence-corrected chi connectivity index (χ4v) is 0. The van der Waals surface area contributed by atoms with Gasteiger partial charge in [-0.05, 0) is 6.92 Å². The number of aliphatic carboxylic acids is 1. The molecule has 0 spiro atoms. The third kappa shape index (κ3) is 160. The standard InChI is InChI=1S/C3H6O3.2C2H5O.3H3N/c1-2(4)3(5)6;2*1-2-3;;;/h2,4H,1H3,(H,5,6);2*2H2,1H3;3*1H3/q;2*-1;;;/p+2. The summed E-state index contributed by atoms with van der Waals surface area (Å²) in [7, 11) is 0. The van der Waals surface area contributed by atoms with Gasteiger partial charge in [-0.3, -0.25) is 0 Å². The molecule has 0 saturated carbocycles. The number of carbonyl (C=O) groups is 1. The van der Waals surface area contributed by atoms with E-state index in [4.69, 9.17) is 15.3 Å². The summed E-state index contributed by atoms with van der Waals surface area (Å²) >= 11 is 0. The van der Waals surface area contributed by atoms with Crippen LogP contribution in [0.2, 0.25) is 0 Å². The monoisotopic (exact) mass is 233 g/mol. The van der Waals surface area contributed by atoms with Gasteiger partial charge in [0, 0.05) is 0 Å². The molecule has 13 N–H and O–H groups in total. The minimum Gasteiger partial charge on any atom is -0.855 e. The van der Waals surface area contributed by atoms with E-state index in [0.717, 1.165) is 6.92 Å². The van der Waals surface area contributed by atoms with Gasteiger partial charge in [0.05, 0.1) is 12.1 Å². The molecule has 1 unspecified atom stereocenters. The Bertz CT molecular complexity index is 90.7. The average Bonchev–Trinajstić information content (AvgIpc) is 1.90. The van der Waals surface area contributed by atoms with Crippen molar-refractivity contribution >= 4 is 5.97 Å². The van der Waals surface area contributed by atoms with E-state index in [1.807, 2.05) is 0 Å². The fourth-order valence-electron chi connectivity index (χ4n) is 0. The molecule has 0 aliphatic heterocycles. The Hall–Kier alpha value is -0.770. The molecule has 0 aromatic carbocycles. The first-order valence-corrected chi connectivity index (χ1v) is 3.52. The SMILES string of the molecule is CC(O)C(=O)[O-].CC[O-].CC[O-].[NH4+].[NH4+].[NH4+]. The van der Waals surface area contributed by atoms with E-state index in [1.165, 1.54) is 0 Å². The van der Waals surface area contributed by atoms with Crippen LogP contribution in [0.5, 0.6) is 0 Å². The molecular weight excluding hydrogens is 206 g/mol. The number of quaternary nitrogens is 3. The zero-order valence-electron chi connectivity index (χ0n) is 10.6. The van der Waals surface area contributed by atoms with Gasteiger partial charge in [0.25, 0.3) is 0 Å². The molecule has 0 radical (unpaired) electrons. The topological polar surface area (TPSA) is 216 Å². The lowest BCUT2D eigenvalue weighted by molar-refractivity contribution is -0.362. The normalized spacial score (nSPS) is 7.87. The van der Waals surface area contributed by atoms with Gasteiger partial charge in [-0.1, -0.05) is 13.8 Å². The summed E-state index contributed by atoms with van der Waals surface area (Å²) in [6.07, 6.45) is -1.34. The lowest BCUT2D eigenvalue weighted by atomic mass is 10.4. The summed E-state index contributed by atoms with van der Waals surface area (Å²) in [6, 6.07) is 0. The smallest absolute Gasteiger partial charge is 0.0905 e. The van der Waals surface area contributed by atoms with Crippen molar-refractivity contribution in [1.29, 1.82) is 0 Å². The molecule has 15 heavy (non-hydrogen) atoms. The third-order valence-electron chi connectivity index (χ3n) is 0.341. The van der Waals surface area contributed by atoms with Crippen molar-refractivity contribution in [2.24, 2.45) is 0 Å². The first-order chi connectivity index (χ1) is 5.47. The van der Waals surface area contributed by atoms with E-state index < -0.39 is 12.1 Å². The van der Waals surface area contributed by atoms with E-state index in [2.05, 4.69) is 0 Å². The van der Waals surface area contributed by atoms with Crippen LogP contribution in [-0.2, 0) is 4.79 Å². The maximum Gasteiger partial charge on any atom is 0.0905 e. The van der Waals surface area contributed by atoms with Crippen LogP contribution in [0.4, 0.5) is 0 Å². The Morgan fingerprint density at radius 1 is 1.13 bits per heavy atom. The summed E-state index contributed by atoms with van der Waals surface area (Å²) in [4.78, 5) is 9.34. The molecule has 0 aliphatic rings. The minimum atomic E-state index is -1.44. The fraction of sp³-hybridized carbons (Fsp3) is 0.857. The molecule has 0 aromatic rings. The van der Waals surface area contributed by atoms with Gasteiger partial charge in [-0.15, -0.1) is 13.2 Å². The second-order valence-corrected chi connectivity index (χ2v) is 1.57. The Kier molecular flexibility index (Phi) is 92.8. The van der Waals surface area contributed by atoms with Crippen LogP contribution in [-0.4, -0.2) is 30.4 Å². The van der Waals surface area contributed by atoms with Crippen molar-refractivity contribution in [2.75, 3.05) is 13.2 Å². The Labute approximate surface area is 90.7 Å². The molecule has 100 valence electrons. The zero-order valence-corrected chi connectivity index (χ0v) is 10.6. The summed E-state index contributed by atoms with van der Waals surface area (Å²) in [5, 5.41) is 35.2. The quantitative estimate of drug-likeness (QED) is 0.401. The third-order valence-corrected chi connectivity index (χ3v) is 0.341. The van der Waals surface area contributed by atoms with Crippen LogP contribution >= 0.6 is 0 Å².